The summed E-state index contributed by atoms with van der Waals surface area (Å²) in [6.07, 6.45) is -3.91. The number of rotatable bonds is 3. The second-order valence-electron chi connectivity index (χ2n) is 4.92. The molecular weight excluding hydrogens is 291 g/mol. The van der Waals surface area contributed by atoms with Crippen molar-refractivity contribution >= 4 is 0 Å². The number of benzene rings is 2. The molecule has 0 bridgehead atoms. The average Bonchev–Trinajstić information content (AvgIpc) is 2.96. The molecule has 0 spiro atoms. The molecule has 22 heavy (non-hydrogen) atoms. The monoisotopic (exact) mass is 303 g/mol. The molecule has 5 heteroatoms. The van der Waals surface area contributed by atoms with Crippen LogP contribution in [-0.4, -0.2) is 5.16 Å². The average molecular weight is 303 g/mol. The van der Waals surface area contributed by atoms with E-state index >= 15 is 0 Å². The van der Waals surface area contributed by atoms with E-state index in [4.69, 9.17) is 4.52 Å². The summed E-state index contributed by atoms with van der Waals surface area (Å²) in [4.78, 5) is 0. The summed E-state index contributed by atoms with van der Waals surface area (Å²) in [5, 5.41) is 3.98. The van der Waals surface area contributed by atoms with E-state index in [0.29, 0.717) is 17.9 Å². The predicted molar refractivity (Wildman–Crippen MR) is 76.2 cm³/mol. The second kappa shape index (κ2) is 5.67. The Bertz CT molecular complexity index is 746. The molecule has 0 fully saturated rings. The summed E-state index contributed by atoms with van der Waals surface area (Å²) in [6.45, 7) is 0. The van der Waals surface area contributed by atoms with Gasteiger partial charge in [-0.2, -0.15) is 13.2 Å². The highest BCUT2D eigenvalue weighted by atomic mass is 19.4. The molecule has 112 valence electrons. The minimum Gasteiger partial charge on any atom is -0.360 e. The smallest absolute Gasteiger partial charge is 0.360 e. The van der Waals surface area contributed by atoms with Crippen LogP contribution in [0.25, 0.3) is 11.3 Å². The van der Waals surface area contributed by atoms with Crippen LogP contribution < -0.4 is 0 Å². The van der Waals surface area contributed by atoms with Crippen LogP contribution in [0.4, 0.5) is 13.2 Å². The van der Waals surface area contributed by atoms with Gasteiger partial charge in [-0.05, 0) is 17.7 Å². The first-order valence-electron chi connectivity index (χ1n) is 6.69. The molecule has 0 aliphatic rings. The van der Waals surface area contributed by atoms with Gasteiger partial charge in [0.15, 0.2) is 0 Å². The van der Waals surface area contributed by atoms with Crippen molar-refractivity contribution in [2.75, 3.05) is 0 Å². The number of aromatic nitrogens is 1. The SMILES string of the molecule is FC(F)(F)c1ccc(Cc2cc(-c3ccccc3)no2)cc1. The lowest BCUT2D eigenvalue weighted by Crippen LogP contribution is -2.04. The standard InChI is InChI=1S/C17H12F3NO/c18-17(19,20)14-8-6-12(7-9-14)10-15-11-16(21-22-15)13-4-2-1-3-5-13/h1-9,11H,10H2. The van der Waals surface area contributed by atoms with Crippen molar-refractivity contribution < 1.29 is 17.7 Å². The summed E-state index contributed by atoms with van der Waals surface area (Å²) >= 11 is 0. The van der Waals surface area contributed by atoms with E-state index in [2.05, 4.69) is 5.16 Å². The van der Waals surface area contributed by atoms with E-state index < -0.39 is 11.7 Å². The highest BCUT2D eigenvalue weighted by Crippen LogP contribution is 2.29. The first kappa shape index (κ1) is 14.4. The van der Waals surface area contributed by atoms with Crippen LogP contribution >= 0.6 is 0 Å². The molecular formula is C17H12F3NO. The number of nitrogens with zero attached hydrogens (tertiary/aromatic N) is 1. The van der Waals surface area contributed by atoms with Gasteiger partial charge in [0.05, 0.1) is 5.56 Å². The van der Waals surface area contributed by atoms with Crippen molar-refractivity contribution in [3.8, 4) is 11.3 Å². The lowest BCUT2D eigenvalue weighted by atomic mass is 10.1. The maximum Gasteiger partial charge on any atom is 0.416 e. The third-order valence-electron chi connectivity index (χ3n) is 3.29. The van der Waals surface area contributed by atoms with E-state index in [9.17, 15) is 13.2 Å². The molecule has 0 aliphatic heterocycles. The van der Waals surface area contributed by atoms with Gasteiger partial charge in [0.25, 0.3) is 0 Å². The van der Waals surface area contributed by atoms with E-state index in [0.717, 1.165) is 23.3 Å². The Morgan fingerprint density at radius 3 is 2.23 bits per heavy atom. The lowest BCUT2D eigenvalue weighted by molar-refractivity contribution is -0.137. The number of hydrogen-bond donors (Lipinski definition) is 0. The zero-order chi connectivity index (χ0) is 15.6. The fourth-order valence-electron chi connectivity index (χ4n) is 2.15. The van der Waals surface area contributed by atoms with Crippen molar-refractivity contribution in [1.29, 1.82) is 0 Å². The van der Waals surface area contributed by atoms with Crippen molar-refractivity contribution in [3.63, 3.8) is 0 Å². The normalized spacial score (nSPS) is 11.6. The highest BCUT2D eigenvalue weighted by molar-refractivity contribution is 5.58. The van der Waals surface area contributed by atoms with Gasteiger partial charge >= 0.3 is 6.18 Å². The molecule has 0 unspecified atom stereocenters. The molecule has 0 amide bonds. The molecule has 3 aromatic rings. The summed E-state index contributed by atoms with van der Waals surface area (Å²) in [5.41, 5.74) is 1.73. The van der Waals surface area contributed by atoms with Crippen LogP contribution in [0.1, 0.15) is 16.9 Å². The van der Waals surface area contributed by atoms with Crippen LogP contribution in [0.15, 0.2) is 65.2 Å². The van der Waals surface area contributed by atoms with Crippen LogP contribution in [0, 0.1) is 0 Å². The number of halogens is 3. The van der Waals surface area contributed by atoms with Gasteiger partial charge in [-0.1, -0.05) is 47.6 Å². The Labute approximate surface area is 125 Å². The second-order valence-corrected chi connectivity index (χ2v) is 4.92. The zero-order valence-corrected chi connectivity index (χ0v) is 11.5. The van der Waals surface area contributed by atoms with Gasteiger partial charge in [-0.15, -0.1) is 0 Å². The number of alkyl halides is 3. The Kier molecular flexibility index (Phi) is 3.71. The zero-order valence-electron chi connectivity index (χ0n) is 11.5. The quantitative estimate of drug-likeness (QED) is 0.684. The van der Waals surface area contributed by atoms with Gasteiger partial charge in [-0.3, -0.25) is 0 Å². The molecule has 2 aromatic carbocycles. The first-order chi connectivity index (χ1) is 10.5. The molecule has 0 aliphatic carbocycles. The molecule has 0 radical (unpaired) electrons. The molecule has 0 N–H and O–H groups in total. The first-order valence-corrected chi connectivity index (χ1v) is 6.69. The molecule has 1 aromatic heterocycles. The molecule has 0 saturated heterocycles. The fourth-order valence-corrected chi connectivity index (χ4v) is 2.15. The van der Waals surface area contributed by atoms with E-state index in [1.807, 2.05) is 30.3 Å². The van der Waals surface area contributed by atoms with Crippen molar-refractivity contribution in [3.05, 3.63) is 77.6 Å². The minimum absolute atomic E-state index is 0.401. The minimum atomic E-state index is -4.31. The maximum absolute atomic E-state index is 12.5. The summed E-state index contributed by atoms with van der Waals surface area (Å²) in [6, 6.07) is 16.4. The fraction of sp³-hybridized carbons (Fsp3) is 0.118. The Hall–Kier alpha value is -2.56. The Balaban J connectivity index is 1.76. The van der Waals surface area contributed by atoms with Crippen LogP contribution in [0.5, 0.6) is 0 Å². The van der Waals surface area contributed by atoms with Crippen LogP contribution in [0.2, 0.25) is 0 Å². The maximum atomic E-state index is 12.5. The van der Waals surface area contributed by atoms with Crippen LogP contribution in [0.3, 0.4) is 0 Å². The third kappa shape index (κ3) is 3.19. The van der Waals surface area contributed by atoms with E-state index in [1.54, 1.807) is 6.07 Å². The van der Waals surface area contributed by atoms with Gasteiger partial charge in [0.2, 0.25) is 0 Å². The van der Waals surface area contributed by atoms with Crippen molar-refractivity contribution in [2.45, 2.75) is 12.6 Å². The van der Waals surface area contributed by atoms with Crippen LogP contribution in [-0.2, 0) is 12.6 Å². The Morgan fingerprint density at radius 2 is 1.59 bits per heavy atom. The molecule has 2 nitrogen and oxygen atoms in total. The van der Waals surface area contributed by atoms with Gasteiger partial charge in [0.1, 0.15) is 11.5 Å². The molecule has 3 rings (SSSR count). The van der Waals surface area contributed by atoms with Crippen molar-refractivity contribution in [1.82, 2.24) is 5.16 Å². The van der Waals surface area contributed by atoms with Crippen molar-refractivity contribution in [2.24, 2.45) is 0 Å². The molecule has 0 saturated carbocycles. The van der Waals surface area contributed by atoms with Gasteiger partial charge in [0, 0.05) is 18.1 Å². The lowest BCUT2D eigenvalue weighted by Gasteiger charge is -2.06. The predicted octanol–water partition coefficient (Wildman–Crippen LogP) is 4.95. The highest BCUT2D eigenvalue weighted by Gasteiger charge is 2.29. The molecule has 0 atom stereocenters. The van der Waals surface area contributed by atoms with E-state index in [-0.39, 0.29) is 0 Å². The van der Waals surface area contributed by atoms with E-state index in [1.165, 1.54) is 12.1 Å². The summed E-state index contributed by atoms with van der Waals surface area (Å²) in [5.74, 6) is 0.610. The van der Waals surface area contributed by atoms with Gasteiger partial charge in [-0.25, -0.2) is 0 Å². The number of hydrogen-bond acceptors (Lipinski definition) is 2. The largest absolute Gasteiger partial charge is 0.416 e. The molecule has 1 heterocycles. The van der Waals surface area contributed by atoms with Gasteiger partial charge < -0.3 is 4.52 Å². The summed E-state index contributed by atoms with van der Waals surface area (Å²) in [7, 11) is 0. The Morgan fingerprint density at radius 1 is 0.909 bits per heavy atom. The third-order valence-corrected chi connectivity index (χ3v) is 3.29. The summed E-state index contributed by atoms with van der Waals surface area (Å²) < 4.78 is 42.8. The topological polar surface area (TPSA) is 26.0 Å².